The number of carbonyl (C=O) groups is 2. The molecule has 0 fully saturated rings. The molecule has 0 bridgehead atoms. The van der Waals surface area contributed by atoms with Crippen LogP contribution in [0.5, 0.6) is 0 Å². The van der Waals surface area contributed by atoms with Gasteiger partial charge in [0.25, 0.3) is 0 Å². The van der Waals surface area contributed by atoms with Crippen LogP contribution in [0.3, 0.4) is 0 Å². The molecule has 0 saturated heterocycles. The average Bonchev–Trinajstić information content (AvgIpc) is 3.06. The first-order chi connectivity index (χ1) is 12.7. The van der Waals surface area contributed by atoms with Crippen LogP contribution >= 0.6 is 0 Å². The second-order valence-electron chi connectivity index (χ2n) is 5.63. The van der Waals surface area contributed by atoms with Crippen LogP contribution in [0.2, 0.25) is 0 Å². The van der Waals surface area contributed by atoms with Crippen LogP contribution in [0.1, 0.15) is 13.3 Å². The number of nitrogens with zero attached hydrogens (tertiary/aromatic N) is 1. The summed E-state index contributed by atoms with van der Waals surface area (Å²) in [5.74, 6) is 0.589. The second kappa shape index (κ2) is 8.15. The number of aromatic nitrogens is 2. The van der Waals surface area contributed by atoms with Gasteiger partial charge < -0.3 is 20.4 Å². The van der Waals surface area contributed by atoms with E-state index in [9.17, 15) is 9.59 Å². The first-order valence-corrected chi connectivity index (χ1v) is 8.41. The lowest BCUT2D eigenvalue weighted by atomic mass is 10.2. The molecule has 2 amide bonds. The van der Waals surface area contributed by atoms with E-state index in [-0.39, 0.29) is 18.9 Å². The Balaban J connectivity index is 1.62. The first-order valence-electron chi connectivity index (χ1n) is 8.41. The van der Waals surface area contributed by atoms with Crippen LogP contribution in [0.15, 0.2) is 48.5 Å². The Morgan fingerprint density at radius 3 is 2.73 bits per heavy atom. The van der Waals surface area contributed by atoms with E-state index >= 15 is 0 Å². The van der Waals surface area contributed by atoms with E-state index in [1.165, 1.54) is 0 Å². The van der Waals surface area contributed by atoms with Crippen molar-refractivity contribution >= 4 is 28.7 Å². The minimum Gasteiger partial charge on any atom is -0.450 e. The lowest BCUT2D eigenvalue weighted by Gasteiger charge is -2.06. The zero-order valence-electron chi connectivity index (χ0n) is 14.4. The number of benzene rings is 2. The fourth-order valence-corrected chi connectivity index (χ4v) is 2.50. The van der Waals surface area contributed by atoms with Crippen LogP contribution in [-0.2, 0) is 9.53 Å². The summed E-state index contributed by atoms with van der Waals surface area (Å²) in [7, 11) is 0. The van der Waals surface area contributed by atoms with Gasteiger partial charge in [0.1, 0.15) is 5.82 Å². The van der Waals surface area contributed by atoms with E-state index in [4.69, 9.17) is 4.74 Å². The molecule has 3 rings (SSSR count). The Hall–Kier alpha value is -3.35. The van der Waals surface area contributed by atoms with E-state index in [0.717, 1.165) is 22.4 Å². The summed E-state index contributed by atoms with van der Waals surface area (Å²) >= 11 is 0. The maximum atomic E-state index is 12.0. The van der Waals surface area contributed by atoms with Gasteiger partial charge in [-0.1, -0.05) is 30.3 Å². The van der Waals surface area contributed by atoms with Crippen molar-refractivity contribution in [2.75, 3.05) is 18.5 Å². The van der Waals surface area contributed by atoms with Gasteiger partial charge in [0, 0.05) is 24.2 Å². The Bertz CT molecular complexity index is 906. The number of hydrogen-bond donors (Lipinski definition) is 3. The smallest absolute Gasteiger partial charge is 0.407 e. The molecular weight excluding hydrogens is 332 g/mol. The predicted molar refractivity (Wildman–Crippen MR) is 99.8 cm³/mol. The summed E-state index contributed by atoms with van der Waals surface area (Å²) in [6.45, 7) is 2.24. The molecule has 0 atom stereocenters. The van der Waals surface area contributed by atoms with Gasteiger partial charge in [-0.05, 0) is 25.1 Å². The molecule has 134 valence electrons. The number of aromatic amines is 1. The van der Waals surface area contributed by atoms with Crippen molar-refractivity contribution in [3.8, 4) is 11.4 Å². The molecule has 7 nitrogen and oxygen atoms in total. The van der Waals surface area contributed by atoms with Gasteiger partial charge in [-0.15, -0.1) is 0 Å². The highest BCUT2D eigenvalue weighted by Crippen LogP contribution is 2.22. The number of rotatable bonds is 6. The van der Waals surface area contributed by atoms with E-state index in [1.807, 2.05) is 42.5 Å². The van der Waals surface area contributed by atoms with Crippen molar-refractivity contribution in [2.45, 2.75) is 13.3 Å². The minimum atomic E-state index is -0.521. The highest BCUT2D eigenvalue weighted by atomic mass is 16.5. The Labute approximate surface area is 150 Å². The summed E-state index contributed by atoms with van der Waals surface area (Å²) < 4.78 is 4.74. The van der Waals surface area contributed by atoms with E-state index < -0.39 is 6.09 Å². The molecular formula is C19H20N4O3. The van der Waals surface area contributed by atoms with Crippen molar-refractivity contribution in [3.05, 3.63) is 48.5 Å². The number of carbonyl (C=O) groups excluding carboxylic acids is 2. The number of amides is 2. The zero-order chi connectivity index (χ0) is 18.4. The van der Waals surface area contributed by atoms with Gasteiger partial charge in [0.05, 0.1) is 17.6 Å². The fraction of sp³-hybridized carbons (Fsp3) is 0.211. The third kappa shape index (κ3) is 4.38. The summed E-state index contributed by atoms with van der Waals surface area (Å²) in [5.41, 5.74) is 3.33. The lowest BCUT2D eigenvalue weighted by Crippen LogP contribution is -2.28. The van der Waals surface area contributed by atoms with Crippen LogP contribution in [0.25, 0.3) is 22.4 Å². The van der Waals surface area contributed by atoms with Gasteiger partial charge in [-0.25, -0.2) is 9.78 Å². The maximum Gasteiger partial charge on any atom is 0.407 e. The highest BCUT2D eigenvalue weighted by molar-refractivity contribution is 5.93. The zero-order valence-corrected chi connectivity index (χ0v) is 14.4. The van der Waals surface area contributed by atoms with E-state index in [1.54, 1.807) is 13.0 Å². The topological polar surface area (TPSA) is 96.1 Å². The number of H-pyrrole nitrogens is 1. The van der Waals surface area contributed by atoms with Crippen molar-refractivity contribution < 1.29 is 14.3 Å². The molecule has 0 spiro atoms. The molecule has 2 aromatic carbocycles. The van der Waals surface area contributed by atoms with Crippen molar-refractivity contribution in [3.63, 3.8) is 0 Å². The van der Waals surface area contributed by atoms with Gasteiger partial charge in [-0.3, -0.25) is 4.79 Å². The first kappa shape index (κ1) is 17.5. The third-order valence-electron chi connectivity index (χ3n) is 3.71. The largest absolute Gasteiger partial charge is 0.450 e. The fourth-order valence-electron chi connectivity index (χ4n) is 2.50. The van der Waals surface area contributed by atoms with Crippen LogP contribution in [0, 0.1) is 0 Å². The summed E-state index contributed by atoms with van der Waals surface area (Å²) in [4.78, 5) is 31.0. The number of anilines is 1. The van der Waals surface area contributed by atoms with Crippen molar-refractivity contribution in [1.82, 2.24) is 15.3 Å². The van der Waals surface area contributed by atoms with Crippen LogP contribution in [-0.4, -0.2) is 35.1 Å². The van der Waals surface area contributed by atoms with Crippen molar-refractivity contribution in [1.29, 1.82) is 0 Å². The minimum absolute atomic E-state index is 0.162. The number of imidazole rings is 1. The molecule has 0 aliphatic rings. The number of hydrogen-bond acceptors (Lipinski definition) is 4. The van der Waals surface area contributed by atoms with Gasteiger partial charge in [0.2, 0.25) is 5.91 Å². The number of ether oxygens (including phenoxy) is 1. The molecule has 3 N–H and O–H groups in total. The van der Waals surface area contributed by atoms with Crippen LogP contribution < -0.4 is 10.6 Å². The predicted octanol–water partition coefficient (Wildman–Crippen LogP) is 3.30. The van der Waals surface area contributed by atoms with Gasteiger partial charge in [-0.2, -0.15) is 0 Å². The summed E-state index contributed by atoms with van der Waals surface area (Å²) in [6.07, 6.45) is -0.359. The monoisotopic (exact) mass is 352 g/mol. The summed E-state index contributed by atoms with van der Waals surface area (Å²) in [6, 6.07) is 15.3. The average molecular weight is 352 g/mol. The number of nitrogens with one attached hydrogen (secondary N) is 3. The van der Waals surface area contributed by atoms with Crippen LogP contribution in [0.4, 0.5) is 10.5 Å². The molecule has 1 aromatic heterocycles. The molecule has 0 saturated carbocycles. The molecule has 0 radical (unpaired) electrons. The normalized spacial score (nSPS) is 10.5. The molecule has 0 aliphatic heterocycles. The second-order valence-corrected chi connectivity index (χ2v) is 5.63. The van der Waals surface area contributed by atoms with Crippen molar-refractivity contribution in [2.24, 2.45) is 0 Å². The van der Waals surface area contributed by atoms with E-state index in [0.29, 0.717) is 12.3 Å². The molecule has 26 heavy (non-hydrogen) atoms. The summed E-state index contributed by atoms with van der Waals surface area (Å²) in [5, 5.41) is 5.32. The third-order valence-corrected chi connectivity index (χ3v) is 3.71. The number of alkyl carbamates (subject to hydrolysis) is 1. The standard InChI is InChI=1S/C19H20N4O3/c1-2-26-19(25)20-11-10-17(24)21-14-8-9-15-16(12-14)23-18(22-15)13-6-4-3-5-7-13/h3-9,12H,2,10-11H2,1H3,(H,20,25)(H,21,24)(H,22,23). The molecule has 7 heteroatoms. The highest BCUT2D eigenvalue weighted by Gasteiger charge is 2.08. The Morgan fingerprint density at radius 2 is 1.96 bits per heavy atom. The molecule has 0 unspecified atom stereocenters. The van der Waals surface area contributed by atoms with Gasteiger partial charge >= 0.3 is 6.09 Å². The maximum absolute atomic E-state index is 12.0. The van der Waals surface area contributed by atoms with Gasteiger partial charge in [0.15, 0.2) is 0 Å². The molecule has 1 heterocycles. The quantitative estimate of drug-likeness (QED) is 0.634. The number of fused-ring (bicyclic) bond motifs is 1. The Kier molecular flexibility index (Phi) is 5.48. The van der Waals surface area contributed by atoms with E-state index in [2.05, 4.69) is 20.6 Å². The Morgan fingerprint density at radius 1 is 1.15 bits per heavy atom. The molecule has 0 aliphatic carbocycles. The lowest BCUT2D eigenvalue weighted by molar-refractivity contribution is -0.116. The molecule has 3 aromatic rings. The SMILES string of the molecule is CCOC(=O)NCCC(=O)Nc1ccc2nc(-c3ccccc3)[nH]c2c1.